The van der Waals surface area contributed by atoms with Crippen LogP contribution >= 0.6 is 0 Å². The molecule has 0 aliphatic heterocycles. The third-order valence-electron chi connectivity index (χ3n) is 3.58. The average molecular weight is 284 g/mol. The summed E-state index contributed by atoms with van der Waals surface area (Å²) in [6, 6.07) is 10.5. The number of aromatic nitrogens is 2. The average Bonchev–Trinajstić information content (AvgIpc) is 2.50. The van der Waals surface area contributed by atoms with Crippen LogP contribution in [0.4, 0.5) is 17.5 Å². The van der Waals surface area contributed by atoms with Gasteiger partial charge in [-0.3, -0.25) is 0 Å². The maximum atomic E-state index is 4.73. The van der Waals surface area contributed by atoms with Gasteiger partial charge in [0.15, 0.2) is 0 Å². The van der Waals surface area contributed by atoms with Crippen LogP contribution in [0.2, 0.25) is 0 Å². The first-order valence-electron chi connectivity index (χ1n) is 7.61. The molecule has 1 aromatic heterocycles. The number of anilines is 3. The van der Waals surface area contributed by atoms with Gasteiger partial charge in [-0.15, -0.1) is 0 Å². The van der Waals surface area contributed by atoms with Crippen molar-refractivity contribution in [2.75, 3.05) is 29.4 Å². The fourth-order valence-corrected chi connectivity index (χ4v) is 2.42. The topological polar surface area (TPSA) is 32.3 Å². The summed E-state index contributed by atoms with van der Waals surface area (Å²) in [6.07, 6.45) is 1.84. The van der Waals surface area contributed by atoms with Crippen LogP contribution in [0.15, 0.2) is 36.5 Å². The molecule has 0 N–H and O–H groups in total. The minimum atomic E-state index is 0.795. The van der Waals surface area contributed by atoms with Gasteiger partial charge in [-0.05, 0) is 51.5 Å². The monoisotopic (exact) mass is 284 g/mol. The predicted octanol–water partition coefficient (Wildman–Crippen LogP) is 3.79. The molecule has 0 radical (unpaired) electrons. The Bertz CT molecular complexity index is 579. The molecule has 2 aromatic rings. The molecule has 0 atom stereocenters. The molecule has 2 rings (SSSR count). The molecule has 0 spiro atoms. The fourth-order valence-electron chi connectivity index (χ4n) is 2.42. The minimum absolute atomic E-state index is 0.795. The Morgan fingerprint density at radius 1 is 1.00 bits per heavy atom. The lowest BCUT2D eigenvalue weighted by atomic mass is 10.2. The van der Waals surface area contributed by atoms with E-state index in [1.54, 1.807) is 0 Å². The third-order valence-corrected chi connectivity index (χ3v) is 3.58. The molecule has 0 amide bonds. The van der Waals surface area contributed by atoms with Gasteiger partial charge in [0.05, 0.1) is 0 Å². The number of nitrogens with zero attached hydrogens (tertiary/aromatic N) is 4. The highest BCUT2D eigenvalue weighted by molar-refractivity contribution is 5.61. The lowest BCUT2D eigenvalue weighted by Crippen LogP contribution is -2.25. The molecule has 0 aliphatic rings. The van der Waals surface area contributed by atoms with E-state index >= 15 is 0 Å². The Labute approximate surface area is 127 Å². The van der Waals surface area contributed by atoms with E-state index in [4.69, 9.17) is 4.98 Å². The zero-order valence-corrected chi connectivity index (χ0v) is 13.4. The van der Waals surface area contributed by atoms with Crippen molar-refractivity contribution in [1.29, 1.82) is 0 Å². The van der Waals surface area contributed by atoms with Gasteiger partial charge < -0.3 is 9.80 Å². The van der Waals surface area contributed by atoms with Gasteiger partial charge in [0.25, 0.3) is 0 Å². The summed E-state index contributed by atoms with van der Waals surface area (Å²) >= 11 is 0. The Balaban J connectivity index is 2.36. The van der Waals surface area contributed by atoms with Crippen LogP contribution in [0, 0.1) is 6.92 Å². The van der Waals surface area contributed by atoms with E-state index in [1.165, 1.54) is 11.3 Å². The van der Waals surface area contributed by atoms with Crippen molar-refractivity contribution >= 4 is 17.5 Å². The summed E-state index contributed by atoms with van der Waals surface area (Å²) in [5.41, 5.74) is 2.42. The first-order valence-corrected chi connectivity index (χ1v) is 7.61. The lowest BCUT2D eigenvalue weighted by Gasteiger charge is -2.25. The van der Waals surface area contributed by atoms with Crippen LogP contribution in [0.25, 0.3) is 0 Å². The standard InChI is InChI=1S/C17H24N4/c1-5-20(6-2)17-18-12-11-16(19-17)21(7-3)15-10-8-9-14(4)13-15/h8-13H,5-7H2,1-4H3. The number of aryl methyl sites for hydroxylation is 1. The van der Waals surface area contributed by atoms with Crippen molar-refractivity contribution in [3.63, 3.8) is 0 Å². The largest absolute Gasteiger partial charge is 0.341 e. The molecule has 1 heterocycles. The van der Waals surface area contributed by atoms with Gasteiger partial charge in [0.1, 0.15) is 5.82 Å². The summed E-state index contributed by atoms with van der Waals surface area (Å²) in [6.45, 7) is 11.2. The highest BCUT2D eigenvalue weighted by Gasteiger charge is 2.12. The molecule has 4 heteroatoms. The van der Waals surface area contributed by atoms with E-state index in [-0.39, 0.29) is 0 Å². The fraction of sp³-hybridized carbons (Fsp3) is 0.412. The molecule has 0 saturated heterocycles. The summed E-state index contributed by atoms with van der Waals surface area (Å²) in [7, 11) is 0. The van der Waals surface area contributed by atoms with Gasteiger partial charge >= 0.3 is 0 Å². The second kappa shape index (κ2) is 7.07. The molecule has 1 aromatic carbocycles. The van der Waals surface area contributed by atoms with E-state index in [2.05, 4.69) is 66.7 Å². The van der Waals surface area contributed by atoms with Crippen molar-refractivity contribution in [3.8, 4) is 0 Å². The van der Waals surface area contributed by atoms with Crippen LogP contribution in [0.5, 0.6) is 0 Å². The molecule has 0 fully saturated rings. The number of hydrogen-bond donors (Lipinski definition) is 0. The Morgan fingerprint density at radius 2 is 1.76 bits per heavy atom. The van der Waals surface area contributed by atoms with Gasteiger partial charge in [0, 0.05) is 31.5 Å². The molecule has 0 unspecified atom stereocenters. The van der Waals surface area contributed by atoms with Crippen molar-refractivity contribution in [2.45, 2.75) is 27.7 Å². The number of hydrogen-bond acceptors (Lipinski definition) is 4. The van der Waals surface area contributed by atoms with Crippen LogP contribution in [0.3, 0.4) is 0 Å². The first kappa shape index (κ1) is 15.3. The SMILES string of the molecule is CCN(CC)c1nccc(N(CC)c2cccc(C)c2)n1. The molecule has 0 aliphatic carbocycles. The summed E-state index contributed by atoms with van der Waals surface area (Å²) < 4.78 is 0. The molecular weight excluding hydrogens is 260 g/mol. The quantitative estimate of drug-likeness (QED) is 0.808. The van der Waals surface area contributed by atoms with E-state index < -0.39 is 0 Å². The normalized spacial score (nSPS) is 10.5. The summed E-state index contributed by atoms with van der Waals surface area (Å²) in [5.74, 6) is 1.74. The molecular formula is C17H24N4. The zero-order chi connectivity index (χ0) is 15.2. The van der Waals surface area contributed by atoms with Crippen molar-refractivity contribution in [3.05, 3.63) is 42.1 Å². The molecule has 0 bridgehead atoms. The van der Waals surface area contributed by atoms with Crippen molar-refractivity contribution in [1.82, 2.24) is 9.97 Å². The summed E-state index contributed by atoms with van der Waals surface area (Å²) in [4.78, 5) is 13.5. The van der Waals surface area contributed by atoms with E-state index in [1.807, 2.05) is 12.3 Å². The van der Waals surface area contributed by atoms with E-state index in [0.717, 1.165) is 31.4 Å². The lowest BCUT2D eigenvalue weighted by molar-refractivity contribution is 0.816. The van der Waals surface area contributed by atoms with Crippen molar-refractivity contribution in [2.24, 2.45) is 0 Å². The Hall–Kier alpha value is -2.10. The predicted molar refractivity (Wildman–Crippen MR) is 89.5 cm³/mol. The van der Waals surface area contributed by atoms with Crippen LogP contribution in [0.1, 0.15) is 26.3 Å². The van der Waals surface area contributed by atoms with Gasteiger partial charge in [0.2, 0.25) is 5.95 Å². The Kier molecular flexibility index (Phi) is 5.14. The van der Waals surface area contributed by atoms with Crippen molar-refractivity contribution < 1.29 is 0 Å². The highest BCUT2D eigenvalue weighted by atomic mass is 15.3. The third kappa shape index (κ3) is 3.51. The van der Waals surface area contributed by atoms with Crippen LogP contribution < -0.4 is 9.80 Å². The van der Waals surface area contributed by atoms with Crippen LogP contribution in [-0.4, -0.2) is 29.6 Å². The number of benzene rings is 1. The maximum Gasteiger partial charge on any atom is 0.227 e. The van der Waals surface area contributed by atoms with Gasteiger partial charge in [-0.2, -0.15) is 4.98 Å². The smallest absolute Gasteiger partial charge is 0.227 e. The number of rotatable bonds is 6. The molecule has 21 heavy (non-hydrogen) atoms. The summed E-state index contributed by atoms with van der Waals surface area (Å²) in [5, 5.41) is 0. The zero-order valence-electron chi connectivity index (χ0n) is 13.4. The van der Waals surface area contributed by atoms with E-state index in [9.17, 15) is 0 Å². The first-order chi connectivity index (χ1) is 10.2. The molecule has 4 nitrogen and oxygen atoms in total. The second-order valence-electron chi connectivity index (χ2n) is 4.97. The second-order valence-corrected chi connectivity index (χ2v) is 4.97. The van der Waals surface area contributed by atoms with Gasteiger partial charge in [-0.25, -0.2) is 4.98 Å². The van der Waals surface area contributed by atoms with Crippen LogP contribution in [-0.2, 0) is 0 Å². The minimum Gasteiger partial charge on any atom is -0.341 e. The maximum absolute atomic E-state index is 4.73. The molecule has 0 saturated carbocycles. The molecule has 112 valence electrons. The van der Waals surface area contributed by atoms with E-state index in [0.29, 0.717) is 0 Å². The highest BCUT2D eigenvalue weighted by Crippen LogP contribution is 2.25. The Morgan fingerprint density at radius 3 is 2.38 bits per heavy atom. The van der Waals surface area contributed by atoms with Gasteiger partial charge in [-0.1, -0.05) is 12.1 Å².